The highest BCUT2D eigenvalue weighted by Gasteiger charge is 2.62. The number of thiophene rings is 4. The minimum absolute atomic E-state index is 0.0401. The molecule has 0 unspecified atom stereocenters. The number of Topliss-reactive ketones (excluding diaryl/α,β-unsaturated/α-hetero) is 4. The molecule has 12 heteroatoms. The van der Waals surface area contributed by atoms with Gasteiger partial charge in [0.05, 0.1) is 30.3 Å². The van der Waals surface area contributed by atoms with E-state index in [1.807, 2.05) is 121 Å². The highest BCUT2D eigenvalue weighted by atomic mass is 32.1. The molecule has 4 aromatic heterocycles. The maximum atomic E-state index is 15.5. The lowest BCUT2D eigenvalue weighted by Gasteiger charge is -2.27. The van der Waals surface area contributed by atoms with Gasteiger partial charge in [0.15, 0.2) is 23.1 Å². The Morgan fingerprint density at radius 3 is 1.12 bits per heavy atom. The minimum atomic E-state index is -2.13. The molecule has 10 aromatic rings. The van der Waals surface area contributed by atoms with Crippen LogP contribution < -0.4 is 0 Å². The van der Waals surface area contributed by atoms with Gasteiger partial charge in [-0.25, -0.2) is 0 Å². The van der Waals surface area contributed by atoms with Crippen molar-refractivity contribution in [3.05, 3.63) is 211 Å². The van der Waals surface area contributed by atoms with Crippen molar-refractivity contribution in [2.24, 2.45) is 0 Å². The number of hydrogen-bond acceptors (Lipinski definition) is 12. The van der Waals surface area contributed by atoms with Crippen molar-refractivity contribution in [1.82, 2.24) is 0 Å². The lowest BCUT2D eigenvalue weighted by atomic mass is 9.79. The summed E-state index contributed by atoms with van der Waals surface area (Å²) in [5.41, 5.74) is 1.65. The molecule has 0 atom stereocenters. The molecule has 0 aliphatic heterocycles. The molecule has 8 nitrogen and oxygen atoms in total. The number of esters is 2. The molecule has 0 saturated carbocycles. The summed E-state index contributed by atoms with van der Waals surface area (Å²) in [6, 6.07) is 44.4. The smallest absolute Gasteiger partial charge is 0.333 e. The predicted octanol–water partition coefficient (Wildman–Crippen LogP) is 13.2. The Bertz CT molecular complexity index is 3650. The zero-order valence-electron chi connectivity index (χ0n) is 35.8. The molecule has 0 bridgehead atoms. The second-order valence-electron chi connectivity index (χ2n) is 17.1. The average Bonchev–Trinajstić information content (AvgIpc) is 4.23. The Morgan fingerprint density at radius 1 is 0.435 bits per heavy atom. The van der Waals surface area contributed by atoms with Crippen LogP contribution in [0.15, 0.2) is 157 Å². The van der Waals surface area contributed by atoms with Gasteiger partial charge in [-0.05, 0) is 81.2 Å². The van der Waals surface area contributed by atoms with Gasteiger partial charge in [0.2, 0.25) is 5.41 Å². The molecule has 0 spiro atoms. The first kappa shape index (κ1) is 41.4. The Labute approximate surface area is 408 Å². The zero-order valence-corrected chi connectivity index (χ0v) is 39.1. The molecule has 0 N–H and O–H groups in total. The third kappa shape index (κ3) is 6.29. The lowest BCUT2D eigenvalue weighted by Crippen LogP contribution is -2.45. The van der Waals surface area contributed by atoms with Crippen LogP contribution in [0.3, 0.4) is 0 Å². The van der Waals surface area contributed by atoms with Crippen molar-refractivity contribution >= 4 is 133 Å². The van der Waals surface area contributed by atoms with Crippen molar-refractivity contribution in [2.45, 2.75) is 18.6 Å². The number of carbonyl (C=O) groups is 6. The number of fused-ring (bicyclic) bond motifs is 11. The summed E-state index contributed by atoms with van der Waals surface area (Å²) in [6.07, 6.45) is 3.22. The highest BCUT2D eigenvalue weighted by Crippen LogP contribution is 2.63. The van der Waals surface area contributed by atoms with Crippen molar-refractivity contribution in [3.63, 3.8) is 0 Å². The van der Waals surface area contributed by atoms with E-state index in [2.05, 4.69) is 0 Å². The van der Waals surface area contributed by atoms with Crippen LogP contribution in [0.2, 0.25) is 0 Å². The summed E-state index contributed by atoms with van der Waals surface area (Å²) in [7, 11) is 0. The van der Waals surface area contributed by atoms with Crippen LogP contribution in [0, 0.1) is 0 Å². The van der Waals surface area contributed by atoms with E-state index in [4.69, 9.17) is 9.47 Å². The molecule has 330 valence electrons. The van der Waals surface area contributed by atoms with Crippen LogP contribution in [-0.2, 0) is 37.7 Å². The molecule has 13 rings (SSSR count). The fraction of sp³-hybridized carbons (Fsp3) is 0.0526. The summed E-state index contributed by atoms with van der Waals surface area (Å²) in [4.78, 5) is 89.2. The summed E-state index contributed by atoms with van der Waals surface area (Å²) < 4.78 is 15.2. The summed E-state index contributed by atoms with van der Waals surface area (Å²) in [5.74, 6) is -3.10. The van der Waals surface area contributed by atoms with E-state index in [-0.39, 0.29) is 47.5 Å². The van der Waals surface area contributed by atoms with Crippen LogP contribution >= 0.6 is 45.3 Å². The summed E-state index contributed by atoms with van der Waals surface area (Å²) in [5, 5.41) is 3.43. The molecule has 4 heterocycles. The molecule has 3 aliphatic rings. The van der Waals surface area contributed by atoms with Crippen LogP contribution in [0.1, 0.15) is 73.4 Å². The maximum absolute atomic E-state index is 15.5. The Morgan fingerprint density at radius 2 is 0.768 bits per heavy atom. The number of allylic oxidation sites excluding steroid dienone is 2. The van der Waals surface area contributed by atoms with Gasteiger partial charge in [-0.1, -0.05) is 109 Å². The molecule has 0 radical (unpaired) electrons. The number of benzene rings is 6. The third-order valence-electron chi connectivity index (χ3n) is 13.1. The SMILES string of the molecule is O=C1C(=Cc2cc3sc4c(c3s2)C(C(=O)OCc2ccccc2)(C(=O)OCc2ccccc2)c2c-4sc3cc(C=C4C(=O)c5cc6ccccc6cc5C4=O)sc23)C(=O)c2cc3ccccc3cc21. The van der Waals surface area contributed by atoms with Gasteiger partial charge < -0.3 is 9.47 Å². The normalized spacial score (nSPS) is 14.5. The van der Waals surface area contributed by atoms with Gasteiger partial charge in [0.1, 0.15) is 13.2 Å². The number of carbonyl (C=O) groups excluding carboxylic acids is 6. The summed E-state index contributed by atoms with van der Waals surface area (Å²) >= 11 is 5.41. The zero-order chi connectivity index (χ0) is 46.7. The average molecular weight is 971 g/mol. The van der Waals surface area contributed by atoms with E-state index in [1.54, 1.807) is 36.4 Å². The lowest BCUT2D eigenvalue weighted by molar-refractivity contribution is -0.164. The van der Waals surface area contributed by atoms with Crippen molar-refractivity contribution < 1.29 is 38.2 Å². The van der Waals surface area contributed by atoms with E-state index in [1.165, 1.54) is 45.3 Å². The minimum Gasteiger partial charge on any atom is -0.459 e. The first-order valence-corrected chi connectivity index (χ1v) is 25.2. The van der Waals surface area contributed by atoms with Gasteiger partial charge in [-0.2, -0.15) is 0 Å². The molecule has 69 heavy (non-hydrogen) atoms. The molecule has 0 fully saturated rings. The van der Waals surface area contributed by atoms with Gasteiger partial charge in [0, 0.05) is 52.5 Å². The second-order valence-corrected chi connectivity index (χ2v) is 21.4. The largest absolute Gasteiger partial charge is 0.459 e. The summed E-state index contributed by atoms with van der Waals surface area (Å²) in [6.45, 7) is -0.246. The van der Waals surface area contributed by atoms with E-state index in [0.29, 0.717) is 62.3 Å². The van der Waals surface area contributed by atoms with E-state index < -0.39 is 17.4 Å². The quantitative estimate of drug-likeness (QED) is 0.0639. The molecule has 0 amide bonds. The molecule has 3 aliphatic carbocycles. The first-order valence-electron chi connectivity index (χ1n) is 21.9. The standard InChI is InChI=1S/C57H30O8S4/c58-47-37-19-31-15-7-8-16-32(31)20-38(37)48(59)41(47)23-35-25-43-51(66-35)45-53(68-43)54-46(57(45,55(62)64-27-29-11-3-1-4-12-29)56(63)65-28-30-13-5-2-6-14-30)52-44(69-54)26-36(67-52)24-42-49(60)39-21-33-17-9-10-18-34(33)22-40(39)50(42)61/h1-26H,27-28H2. The van der Waals surface area contributed by atoms with E-state index >= 15 is 9.59 Å². The van der Waals surface area contributed by atoms with Gasteiger partial charge >= 0.3 is 11.9 Å². The maximum Gasteiger partial charge on any atom is 0.333 e. The van der Waals surface area contributed by atoms with Crippen molar-refractivity contribution in [3.8, 4) is 9.75 Å². The van der Waals surface area contributed by atoms with Crippen LogP contribution in [0.4, 0.5) is 0 Å². The first-order chi connectivity index (χ1) is 33.6. The molecular weight excluding hydrogens is 941 g/mol. The van der Waals surface area contributed by atoms with Gasteiger partial charge in [-0.15, -0.1) is 45.3 Å². The third-order valence-corrected chi connectivity index (χ3v) is 18.0. The Balaban J connectivity index is 0.967. The fourth-order valence-corrected chi connectivity index (χ4v) is 15.3. The molecular formula is C57H30O8S4. The molecule has 6 aromatic carbocycles. The van der Waals surface area contributed by atoms with Gasteiger partial charge in [0.25, 0.3) is 0 Å². The monoisotopic (exact) mass is 970 g/mol. The Hall–Kier alpha value is -7.74. The molecule has 0 saturated heterocycles. The van der Waals surface area contributed by atoms with Gasteiger partial charge in [-0.3, -0.25) is 28.8 Å². The van der Waals surface area contributed by atoms with Crippen LogP contribution in [0.25, 0.3) is 62.3 Å². The number of ketones is 4. The second kappa shape index (κ2) is 15.7. The van der Waals surface area contributed by atoms with E-state index in [9.17, 15) is 19.2 Å². The van der Waals surface area contributed by atoms with Crippen LogP contribution in [0.5, 0.6) is 0 Å². The van der Waals surface area contributed by atoms with E-state index in [0.717, 1.165) is 42.1 Å². The van der Waals surface area contributed by atoms with Crippen LogP contribution in [-0.4, -0.2) is 35.1 Å². The van der Waals surface area contributed by atoms with Crippen molar-refractivity contribution in [1.29, 1.82) is 0 Å². The van der Waals surface area contributed by atoms with Crippen molar-refractivity contribution in [2.75, 3.05) is 0 Å². The topological polar surface area (TPSA) is 121 Å². The predicted molar refractivity (Wildman–Crippen MR) is 273 cm³/mol. The fourth-order valence-electron chi connectivity index (χ4n) is 9.80. The Kier molecular flexibility index (Phi) is 9.40. The number of hydrogen-bond donors (Lipinski definition) is 0. The highest BCUT2D eigenvalue weighted by molar-refractivity contribution is 7.35. The number of rotatable bonds is 8. The number of ether oxygens (including phenoxy) is 2.